The number of anilines is 2. The predicted molar refractivity (Wildman–Crippen MR) is 159 cm³/mol. The van der Waals surface area contributed by atoms with Crippen LogP contribution in [0.15, 0.2) is 35.2 Å². The Morgan fingerprint density at radius 1 is 1.12 bits per heavy atom. The Labute approximate surface area is 250 Å². The molecule has 5 N–H and O–H groups in total. The molecule has 43 heavy (non-hydrogen) atoms. The number of hydrogen-bond acceptors (Lipinski definition) is 9. The number of aromatic nitrogens is 4. The second kappa shape index (κ2) is 15.3. The molecule has 11 nitrogen and oxygen atoms in total. The maximum Gasteiger partial charge on any atom is 0.284 e. The lowest BCUT2D eigenvalue weighted by molar-refractivity contribution is 0.102. The van der Waals surface area contributed by atoms with E-state index in [0.29, 0.717) is 36.4 Å². The summed E-state index contributed by atoms with van der Waals surface area (Å²) < 4.78 is 40.4. The number of nitrogens with two attached hydrogens (primary N) is 1. The Bertz CT molecular complexity index is 1300. The van der Waals surface area contributed by atoms with Crippen molar-refractivity contribution in [3.63, 3.8) is 0 Å². The van der Waals surface area contributed by atoms with E-state index in [0.717, 1.165) is 64.8 Å². The third-order valence-electron chi connectivity index (χ3n) is 7.99. The van der Waals surface area contributed by atoms with E-state index in [1.165, 1.54) is 25.3 Å². The Morgan fingerprint density at radius 3 is 2.65 bits per heavy atom. The van der Waals surface area contributed by atoms with Gasteiger partial charge in [-0.25, -0.2) is 18.7 Å². The highest BCUT2D eigenvalue weighted by Crippen LogP contribution is 2.35. The molecule has 2 aliphatic carbocycles. The average molecular weight is 601 g/mol. The van der Waals surface area contributed by atoms with Gasteiger partial charge in [-0.2, -0.15) is 5.10 Å². The zero-order chi connectivity index (χ0) is 30.0. The highest BCUT2D eigenvalue weighted by atomic mass is 19.3. The Morgan fingerprint density at radius 2 is 1.88 bits per heavy atom. The van der Waals surface area contributed by atoms with Crippen LogP contribution < -0.4 is 21.7 Å². The van der Waals surface area contributed by atoms with Crippen molar-refractivity contribution >= 4 is 17.4 Å². The Hall–Kier alpha value is -3.42. The molecule has 0 bridgehead atoms. The number of halogens is 2. The highest BCUT2D eigenvalue weighted by molar-refractivity contribution is 6.03. The van der Waals surface area contributed by atoms with Gasteiger partial charge in [0.25, 0.3) is 12.3 Å². The summed E-state index contributed by atoms with van der Waals surface area (Å²) in [5.74, 6) is 1.53. The quantitative estimate of drug-likeness (QED) is 0.157. The minimum Gasteiger partial charge on any atom is -0.444 e. The number of carbonyl (C=O) groups excluding carboxylic acids is 1. The summed E-state index contributed by atoms with van der Waals surface area (Å²) in [5, 5.41) is 13.5. The fraction of sp³-hybridized carbons (Fsp3) is 0.600. The smallest absolute Gasteiger partial charge is 0.284 e. The number of carbonyl (C=O) groups is 1. The van der Waals surface area contributed by atoms with Crippen molar-refractivity contribution < 1.29 is 22.7 Å². The fourth-order valence-electron chi connectivity index (χ4n) is 5.28. The number of rotatable bonds is 17. The predicted octanol–water partition coefficient (Wildman–Crippen LogP) is 5.02. The molecule has 13 heteroatoms. The summed E-state index contributed by atoms with van der Waals surface area (Å²) in [6, 6.07) is 3.55. The van der Waals surface area contributed by atoms with Crippen molar-refractivity contribution in [1.29, 1.82) is 0 Å². The summed E-state index contributed by atoms with van der Waals surface area (Å²) in [6.45, 7) is 4.77. The van der Waals surface area contributed by atoms with Crippen LogP contribution in [0.25, 0.3) is 11.5 Å². The lowest BCUT2D eigenvalue weighted by Crippen LogP contribution is -2.28. The van der Waals surface area contributed by atoms with E-state index in [2.05, 4.69) is 31.0 Å². The van der Waals surface area contributed by atoms with E-state index in [4.69, 9.17) is 14.9 Å². The summed E-state index contributed by atoms with van der Waals surface area (Å²) in [7, 11) is 0. The molecule has 2 saturated carbocycles. The Balaban J connectivity index is 1.11. The van der Waals surface area contributed by atoms with Gasteiger partial charge in [0.1, 0.15) is 12.1 Å². The van der Waals surface area contributed by atoms with Gasteiger partial charge in [-0.1, -0.05) is 0 Å². The van der Waals surface area contributed by atoms with Crippen LogP contribution in [0.1, 0.15) is 80.0 Å². The van der Waals surface area contributed by atoms with Crippen LogP contribution in [-0.2, 0) is 4.74 Å². The first-order valence-electron chi connectivity index (χ1n) is 15.3. The largest absolute Gasteiger partial charge is 0.444 e. The van der Waals surface area contributed by atoms with Crippen LogP contribution >= 0.6 is 0 Å². The second-order valence-electron chi connectivity index (χ2n) is 11.4. The molecule has 234 valence electrons. The molecule has 2 aliphatic rings. The first kappa shape index (κ1) is 31.0. The molecule has 0 aliphatic heterocycles. The summed E-state index contributed by atoms with van der Waals surface area (Å²) in [5.41, 5.74) is 5.64. The molecule has 0 radical (unpaired) electrons. The van der Waals surface area contributed by atoms with Crippen molar-refractivity contribution in [3.8, 4) is 11.5 Å². The number of nitrogens with zero attached hydrogens (tertiary/aromatic N) is 4. The van der Waals surface area contributed by atoms with Crippen molar-refractivity contribution in [1.82, 2.24) is 25.1 Å². The standard InChI is InChI=1S/C30H42F2N8O3/c31-28(32)27-24(18-40(39-27)23-7-5-20(6-8-23)16-34-11-2-14-42-13-1-10-33)37-29(41)25-19-43-30(38-25)22-9-12-35-26(15-22)36-17-21-3-4-21/h9,12,15,18-21,23,28,34H,1-8,10-11,13-14,16-17,33H2,(H,35,36)(H,37,41). The number of pyridine rings is 1. The van der Waals surface area contributed by atoms with Gasteiger partial charge >= 0.3 is 0 Å². The second-order valence-corrected chi connectivity index (χ2v) is 11.4. The van der Waals surface area contributed by atoms with Crippen LogP contribution in [0.3, 0.4) is 0 Å². The average Bonchev–Trinajstić information content (AvgIpc) is 3.53. The highest BCUT2D eigenvalue weighted by Gasteiger charge is 2.27. The molecule has 3 heterocycles. The van der Waals surface area contributed by atoms with Crippen molar-refractivity contribution in [2.45, 2.75) is 63.8 Å². The van der Waals surface area contributed by atoms with Crippen LogP contribution in [0, 0.1) is 11.8 Å². The van der Waals surface area contributed by atoms with E-state index in [1.807, 2.05) is 0 Å². The maximum atomic E-state index is 13.9. The number of alkyl halides is 2. The normalized spacial score (nSPS) is 18.7. The number of ether oxygens (including phenoxy) is 1. The molecular weight excluding hydrogens is 558 g/mol. The third-order valence-corrected chi connectivity index (χ3v) is 7.99. The van der Waals surface area contributed by atoms with Gasteiger partial charge in [-0.15, -0.1) is 0 Å². The van der Waals surface area contributed by atoms with Gasteiger partial charge in [0.2, 0.25) is 5.89 Å². The monoisotopic (exact) mass is 600 g/mol. The van der Waals surface area contributed by atoms with E-state index in [9.17, 15) is 13.6 Å². The minimum atomic E-state index is -2.83. The zero-order valence-corrected chi connectivity index (χ0v) is 24.4. The maximum absolute atomic E-state index is 13.9. The molecule has 0 spiro atoms. The van der Waals surface area contributed by atoms with Crippen LogP contribution in [0.4, 0.5) is 20.3 Å². The molecule has 1 amide bonds. The topological polar surface area (TPSA) is 145 Å². The van der Waals surface area contributed by atoms with E-state index in [1.54, 1.807) is 23.0 Å². The lowest BCUT2D eigenvalue weighted by atomic mass is 9.86. The molecule has 5 rings (SSSR count). The fourth-order valence-corrected chi connectivity index (χ4v) is 5.28. The first-order chi connectivity index (χ1) is 21.0. The number of oxazole rings is 1. The summed E-state index contributed by atoms with van der Waals surface area (Å²) in [6.07, 6.45) is 9.46. The van der Waals surface area contributed by atoms with Crippen molar-refractivity contribution in [2.75, 3.05) is 50.0 Å². The van der Waals surface area contributed by atoms with Crippen LogP contribution in [0.5, 0.6) is 0 Å². The van der Waals surface area contributed by atoms with E-state index < -0.39 is 18.0 Å². The van der Waals surface area contributed by atoms with Crippen molar-refractivity contribution in [2.24, 2.45) is 17.6 Å². The summed E-state index contributed by atoms with van der Waals surface area (Å²) in [4.78, 5) is 21.6. The van der Waals surface area contributed by atoms with Crippen LogP contribution in [-0.4, -0.2) is 65.0 Å². The summed E-state index contributed by atoms with van der Waals surface area (Å²) >= 11 is 0. The van der Waals surface area contributed by atoms with Crippen molar-refractivity contribution in [3.05, 3.63) is 42.2 Å². The molecule has 0 atom stereocenters. The minimum absolute atomic E-state index is 0.00316. The number of hydrogen-bond donors (Lipinski definition) is 4. The number of nitrogens with one attached hydrogen (secondary N) is 3. The van der Waals surface area contributed by atoms with Gasteiger partial charge < -0.3 is 30.8 Å². The molecule has 2 fully saturated rings. The van der Waals surface area contributed by atoms with Gasteiger partial charge in [0.05, 0.1) is 11.7 Å². The number of amides is 1. The van der Waals surface area contributed by atoms with Gasteiger partial charge in [0.15, 0.2) is 11.4 Å². The third kappa shape index (κ3) is 9.04. The van der Waals surface area contributed by atoms with Gasteiger partial charge in [0, 0.05) is 37.7 Å². The molecule has 0 aromatic carbocycles. The lowest BCUT2D eigenvalue weighted by Gasteiger charge is -2.29. The zero-order valence-electron chi connectivity index (χ0n) is 24.4. The van der Waals surface area contributed by atoms with Gasteiger partial charge in [-0.05, 0) is 95.0 Å². The Kier molecular flexibility index (Phi) is 11.1. The van der Waals surface area contributed by atoms with E-state index >= 15 is 0 Å². The molecule has 3 aromatic heterocycles. The van der Waals surface area contributed by atoms with E-state index in [-0.39, 0.29) is 23.3 Å². The SMILES string of the molecule is NCCCOCCCNCC1CCC(n2cc(NC(=O)c3coc(-c4ccnc(NCC5CC5)c4)n3)c(C(F)F)n2)CC1. The van der Waals surface area contributed by atoms with Gasteiger partial charge in [-0.3, -0.25) is 9.48 Å². The molecular formula is C30H42F2N8O3. The first-order valence-corrected chi connectivity index (χ1v) is 15.3. The molecule has 3 aromatic rings. The molecule has 0 saturated heterocycles. The van der Waals surface area contributed by atoms with Crippen LogP contribution in [0.2, 0.25) is 0 Å². The molecule has 0 unspecified atom stereocenters.